The summed E-state index contributed by atoms with van der Waals surface area (Å²) in [5, 5.41) is 0. The molecule has 0 fully saturated rings. The number of benzene rings is 1. The van der Waals surface area contributed by atoms with Crippen LogP contribution in [-0.4, -0.2) is 18.1 Å². The Morgan fingerprint density at radius 2 is 2.16 bits per heavy atom. The van der Waals surface area contributed by atoms with Gasteiger partial charge in [-0.15, -0.1) is 0 Å². The van der Waals surface area contributed by atoms with Crippen LogP contribution in [0.4, 0.5) is 5.69 Å². The van der Waals surface area contributed by atoms with Gasteiger partial charge < -0.3 is 15.4 Å². The quantitative estimate of drug-likeness (QED) is 0.848. The molecule has 0 bridgehead atoms. The molecule has 0 aliphatic carbocycles. The summed E-state index contributed by atoms with van der Waals surface area (Å²) in [7, 11) is 0. The normalized spacial score (nSPS) is 16.8. The number of nitrogens with zero attached hydrogens (tertiary/aromatic N) is 1. The molecule has 0 spiro atoms. The van der Waals surface area contributed by atoms with Gasteiger partial charge in [-0.05, 0) is 38.5 Å². The van der Waals surface area contributed by atoms with Crippen LogP contribution in [0.2, 0.25) is 0 Å². The maximum atomic E-state index is 12.5. The Bertz CT molecular complexity index is 535. The molecule has 1 heterocycles. The summed E-state index contributed by atoms with van der Waals surface area (Å²) in [6.07, 6.45) is 0. The Morgan fingerprint density at radius 1 is 1.47 bits per heavy atom. The van der Waals surface area contributed by atoms with E-state index < -0.39 is 5.60 Å². The molecule has 4 nitrogen and oxygen atoms in total. The minimum absolute atomic E-state index is 0.0582. The van der Waals surface area contributed by atoms with Gasteiger partial charge in [-0.25, -0.2) is 0 Å². The second kappa shape index (κ2) is 4.70. The zero-order valence-electron chi connectivity index (χ0n) is 11.7. The number of rotatable bonds is 3. The summed E-state index contributed by atoms with van der Waals surface area (Å²) in [6.45, 7) is 10.3. The maximum absolute atomic E-state index is 12.5. The highest BCUT2D eigenvalue weighted by Gasteiger charge is 2.40. The highest BCUT2D eigenvalue weighted by molar-refractivity contribution is 6.02. The Kier molecular flexibility index (Phi) is 3.37. The fourth-order valence-electron chi connectivity index (χ4n) is 2.17. The van der Waals surface area contributed by atoms with E-state index in [1.54, 1.807) is 18.7 Å². The van der Waals surface area contributed by atoms with E-state index in [0.717, 1.165) is 16.8 Å². The van der Waals surface area contributed by atoms with Gasteiger partial charge in [-0.1, -0.05) is 18.2 Å². The first-order chi connectivity index (χ1) is 8.85. The van der Waals surface area contributed by atoms with Gasteiger partial charge in [-0.2, -0.15) is 0 Å². The van der Waals surface area contributed by atoms with Crippen molar-refractivity contribution < 1.29 is 9.53 Å². The van der Waals surface area contributed by atoms with Gasteiger partial charge in [0.25, 0.3) is 5.91 Å². The number of amides is 1. The maximum Gasteiger partial charge on any atom is 0.270 e. The average molecular weight is 260 g/mol. The van der Waals surface area contributed by atoms with Gasteiger partial charge in [0.1, 0.15) is 5.75 Å². The third kappa shape index (κ3) is 2.49. The summed E-state index contributed by atoms with van der Waals surface area (Å²) in [6, 6.07) is 5.70. The minimum atomic E-state index is -0.854. The van der Waals surface area contributed by atoms with Gasteiger partial charge in [-0.3, -0.25) is 4.79 Å². The fourth-order valence-corrected chi connectivity index (χ4v) is 2.17. The molecule has 4 heteroatoms. The van der Waals surface area contributed by atoms with Crippen LogP contribution in [0.5, 0.6) is 5.75 Å². The van der Waals surface area contributed by atoms with E-state index in [4.69, 9.17) is 10.5 Å². The van der Waals surface area contributed by atoms with Crippen molar-refractivity contribution in [2.45, 2.75) is 32.9 Å². The number of hydrogen-bond acceptors (Lipinski definition) is 3. The van der Waals surface area contributed by atoms with Gasteiger partial charge in [0.2, 0.25) is 0 Å². The fraction of sp³-hybridized carbons (Fsp3) is 0.400. The van der Waals surface area contributed by atoms with Crippen LogP contribution in [0.1, 0.15) is 26.3 Å². The second-order valence-corrected chi connectivity index (χ2v) is 5.47. The standard InChI is InChI=1S/C15H20N2O2/c1-10(2)9-17-12-7-11(8-16)5-6-13(12)19-15(3,4)14(17)18/h5-7H,1,8-9,16H2,2-4H3. The third-order valence-corrected chi connectivity index (χ3v) is 3.10. The Labute approximate surface area is 113 Å². The number of carbonyl (C=O) groups is 1. The Morgan fingerprint density at radius 3 is 2.74 bits per heavy atom. The van der Waals surface area contributed by atoms with E-state index in [9.17, 15) is 4.79 Å². The van der Waals surface area contributed by atoms with Crippen molar-refractivity contribution in [3.63, 3.8) is 0 Å². The van der Waals surface area contributed by atoms with Gasteiger partial charge in [0, 0.05) is 13.1 Å². The molecule has 1 aromatic carbocycles. The summed E-state index contributed by atoms with van der Waals surface area (Å²) in [5.74, 6) is 0.653. The molecule has 0 saturated carbocycles. The van der Waals surface area contributed by atoms with E-state index in [0.29, 0.717) is 18.8 Å². The molecule has 1 aromatic rings. The van der Waals surface area contributed by atoms with Crippen LogP contribution in [-0.2, 0) is 11.3 Å². The Balaban J connectivity index is 2.52. The number of ether oxygens (including phenoxy) is 1. The molecule has 0 atom stereocenters. The first kappa shape index (κ1) is 13.6. The molecule has 102 valence electrons. The van der Waals surface area contributed by atoms with Crippen molar-refractivity contribution in [1.29, 1.82) is 0 Å². The molecule has 0 unspecified atom stereocenters. The largest absolute Gasteiger partial charge is 0.476 e. The lowest BCUT2D eigenvalue weighted by Gasteiger charge is -2.39. The summed E-state index contributed by atoms with van der Waals surface area (Å²) < 4.78 is 5.78. The molecule has 2 rings (SSSR count). The van der Waals surface area contributed by atoms with E-state index >= 15 is 0 Å². The predicted molar refractivity (Wildman–Crippen MR) is 76.2 cm³/mol. The van der Waals surface area contributed by atoms with Crippen molar-refractivity contribution in [2.24, 2.45) is 5.73 Å². The zero-order chi connectivity index (χ0) is 14.2. The van der Waals surface area contributed by atoms with Crippen LogP contribution in [0.25, 0.3) is 0 Å². The number of hydrogen-bond donors (Lipinski definition) is 1. The lowest BCUT2D eigenvalue weighted by atomic mass is 10.0. The molecular weight excluding hydrogens is 240 g/mol. The predicted octanol–water partition coefficient (Wildman–Crippen LogP) is 2.23. The first-order valence-corrected chi connectivity index (χ1v) is 6.33. The van der Waals surface area contributed by atoms with E-state index in [-0.39, 0.29) is 5.91 Å². The van der Waals surface area contributed by atoms with Gasteiger partial charge >= 0.3 is 0 Å². The zero-order valence-corrected chi connectivity index (χ0v) is 11.7. The van der Waals surface area contributed by atoms with E-state index in [1.165, 1.54) is 0 Å². The topological polar surface area (TPSA) is 55.6 Å². The molecule has 19 heavy (non-hydrogen) atoms. The number of nitrogens with two attached hydrogens (primary N) is 1. The SMILES string of the molecule is C=C(C)CN1C(=O)C(C)(C)Oc2ccc(CN)cc21. The molecule has 0 saturated heterocycles. The summed E-state index contributed by atoms with van der Waals surface area (Å²) in [5.41, 5.74) is 7.47. The Hall–Kier alpha value is -1.81. The van der Waals surface area contributed by atoms with Crippen molar-refractivity contribution in [1.82, 2.24) is 0 Å². The molecule has 1 amide bonds. The summed E-state index contributed by atoms with van der Waals surface area (Å²) in [4.78, 5) is 14.2. The smallest absolute Gasteiger partial charge is 0.270 e. The average Bonchev–Trinajstić information content (AvgIpc) is 2.34. The highest BCUT2D eigenvalue weighted by atomic mass is 16.5. The molecule has 1 aliphatic heterocycles. The van der Waals surface area contributed by atoms with Gasteiger partial charge in [0.15, 0.2) is 5.60 Å². The van der Waals surface area contributed by atoms with Crippen LogP contribution in [0, 0.1) is 0 Å². The molecule has 0 aromatic heterocycles. The van der Waals surface area contributed by atoms with Crippen molar-refractivity contribution in [3.8, 4) is 5.75 Å². The highest BCUT2D eigenvalue weighted by Crippen LogP contribution is 2.38. The second-order valence-electron chi connectivity index (χ2n) is 5.47. The van der Waals surface area contributed by atoms with E-state index in [1.807, 2.05) is 25.1 Å². The van der Waals surface area contributed by atoms with Crippen LogP contribution >= 0.6 is 0 Å². The number of fused-ring (bicyclic) bond motifs is 1. The molecule has 2 N–H and O–H groups in total. The lowest BCUT2D eigenvalue weighted by molar-refractivity contribution is -0.132. The monoisotopic (exact) mass is 260 g/mol. The number of anilines is 1. The third-order valence-electron chi connectivity index (χ3n) is 3.10. The minimum Gasteiger partial charge on any atom is -0.476 e. The van der Waals surface area contributed by atoms with Crippen molar-refractivity contribution >= 4 is 11.6 Å². The molecule has 1 aliphatic rings. The van der Waals surface area contributed by atoms with Crippen molar-refractivity contribution in [2.75, 3.05) is 11.4 Å². The number of carbonyl (C=O) groups excluding carboxylic acids is 1. The van der Waals surface area contributed by atoms with Crippen LogP contribution < -0.4 is 15.4 Å². The van der Waals surface area contributed by atoms with E-state index in [2.05, 4.69) is 6.58 Å². The first-order valence-electron chi connectivity index (χ1n) is 6.33. The molecule has 0 radical (unpaired) electrons. The van der Waals surface area contributed by atoms with Crippen LogP contribution in [0.3, 0.4) is 0 Å². The van der Waals surface area contributed by atoms with Gasteiger partial charge in [0.05, 0.1) is 5.69 Å². The lowest BCUT2D eigenvalue weighted by Crippen LogP contribution is -2.52. The van der Waals surface area contributed by atoms with Crippen molar-refractivity contribution in [3.05, 3.63) is 35.9 Å². The summed E-state index contributed by atoms with van der Waals surface area (Å²) >= 11 is 0. The van der Waals surface area contributed by atoms with Crippen LogP contribution in [0.15, 0.2) is 30.4 Å². The molecular formula is C15H20N2O2.